The number of ether oxygens (including phenoxy) is 1. The van der Waals surface area contributed by atoms with Crippen LogP contribution >= 0.6 is 0 Å². The van der Waals surface area contributed by atoms with Gasteiger partial charge in [0.1, 0.15) is 5.75 Å². The van der Waals surface area contributed by atoms with E-state index >= 15 is 0 Å². The first kappa shape index (κ1) is 17.8. The second-order valence-electron chi connectivity index (χ2n) is 6.83. The van der Waals surface area contributed by atoms with Crippen LogP contribution in [0.3, 0.4) is 0 Å². The number of nitrogens with zero attached hydrogens (tertiary/aromatic N) is 1. The van der Waals surface area contributed by atoms with Crippen molar-refractivity contribution in [2.45, 2.75) is 45.6 Å². The highest BCUT2D eigenvalue weighted by Gasteiger charge is 2.25. The first-order valence-electron chi connectivity index (χ1n) is 8.68. The Morgan fingerprint density at radius 3 is 2.30 bits per heavy atom. The molecule has 23 heavy (non-hydrogen) atoms. The van der Waals surface area contributed by atoms with Crippen molar-refractivity contribution in [2.75, 3.05) is 26.7 Å². The standard InChI is InChI=1S/C19H30N2O2/c1-14(2)18(16-7-9-17(23-4)10-8-16)19(22)20-13-15(3)21-11-5-6-12-21/h7-10,14-15,18H,5-6,11-13H2,1-4H3,(H,20,22). The van der Waals surface area contributed by atoms with Crippen molar-refractivity contribution in [3.8, 4) is 5.75 Å². The monoisotopic (exact) mass is 318 g/mol. The molecular weight excluding hydrogens is 288 g/mol. The second-order valence-corrected chi connectivity index (χ2v) is 6.83. The predicted octanol–water partition coefficient (Wildman–Crippen LogP) is 3.04. The van der Waals surface area contributed by atoms with Crippen molar-refractivity contribution in [1.82, 2.24) is 10.2 Å². The predicted molar refractivity (Wildman–Crippen MR) is 93.9 cm³/mol. The number of benzene rings is 1. The lowest BCUT2D eigenvalue weighted by atomic mass is 9.87. The van der Waals surface area contributed by atoms with Crippen molar-refractivity contribution in [3.63, 3.8) is 0 Å². The van der Waals surface area contributed by atoms with E-state index in [4.69, 9.17) is 4.74 Å². The number of carbonyl (C=O) groups excluding carboxylic acids is 1. The lowest BCUT2D eigenvalue weighted by Gasteiger charge is -2.26. The molecule has 1 saturated heterocycles. The molecule has 1 aromatic carbocycles. The fourth-order valence-corrected chi connectivity index (χ4v) is 3.32. The van der Waals surface area contributed by atoms with Crippen LogP contribution in [0.1, 0.15) is 45.1 Å². The van der Waals surface area contributed by atoms with Gasteiger partial charge in [-0.2, -0.15) is 0 Å². The van der Waals surface area contributed by atoms with Crippen LogP contribution in [0.5, 0.6) is 5.75 Å². The molecule has 0 aromatic heterocycles. The zero-order chi connectivity index (χ0) is 16.8. The normalized spacial score (nSPS) is 18.0. The first-order chi connectivity index (χ1) is 11.0. The van der Waals surface area contributed by atoms with Crippen LogP contribution in [0.4, 0.5) is 0 Å². The molecule has 4 nitrogen and oxygen atoms in total. The summed E-state index contributed by atoms with van der Waals surface area (Å²) in [6, 6.07) is 8.24. The number of likely N-dealkylation sites (tertiary alicyclic amines) is 1. The molecule has 2 rings (SSSR count). The number of carbonyl (C=O) groups is 1. The molecule has 4 heteroatoms. The van der Waals surface area contributed by atoms with Gasteiger partial charge >= 0.3 is 0 Å². The summed E-state index contributed by atoms with van der Waals surface area (Å²) in [5.41, 5.74) is 1.05. The summed E-state index contributed by atoms with van der Waals surface area (Å²) in [5, 5.41) is 3.16. The zero-order valence-corrected chi connectivity index (χ0v) is 14.8. The van der Waals surface area contributed by atoms with Gasteiger partial charge in [0.25, 0.3) is 0 Å². The minimum atomic E-state index is -0.119. The smallest absolute Gasteiger partial charge is 0.227 e. The quantitative estimate of drug-likeness (QED) is 0.840. The number of hydrogen-bond donors (Lipinski definition) is 1. The lowest BCUT2D eigenvalue weighted by Crippen LogP contribution is -2.42. The largest absolute Gasteiger partial charge is 0.497 e. The van der Waals surface area contributed by atoms with Crippen molar-refractivity contribution in [1.29, 1.82) is 0 Å². The minimum absolute atomic E-state index is 0.119. The van der Waals surface area contributed by atoms with Crippen LogP contribution in [0.15, 0.2) is 24.3 Å². The number of rotatable bonds is 7. The minimum Gasteiger partial charge on any atom is -0.497 e. The summed E-state index contributed by atoms with van der Waals surface area (Å²) in [5.74, 6) is 1.08. The molecule has 1 aromatic rings. The van der Waals surface area contributed by atoms with Crippen LogP contribution in [0.2, 0.25) is 0 Å². The third kappa shape index (κ3) is 4.71. The highest BCUT2D eigenvalue weighted by molar-refractivity contribution is 5.84. The van der Waals surface area contributed by atoms with Crippen LogP contribution in [0, 0.1) is 5.92 Å². The highest BCUT2D eigenvalue weighted by Crippen LogP contribution is 2.26. The Morgan fingerprint density at radius 1 is 1.17 bits per heavy atom. The van der Waals surface area contributed by atoms with Crippen molar-refractivity contribution < 1.29 is 9.53 Å². The molecule has 1 N–H and O–H groups in total. The number of methoxy groups -OCH3 is 1. The van der Waals surface area contributed by atoms with Gasteiger partial charge in [-0.1, -0.05) is 26.0 Å². The third-order valence-corrected chi connectivity index (χ3v) is 4.76. The van der Waals surface area contributed by atoms with E-state index in [9.17, 15) is 4.79 Å². The number of amides is 1. The van der Waals surface area contributed by atoms with Gasteiger partial charge in [-0.05, 0) is 56.5 Å². The van der Waals surface area contributed by atoms with E-state index in [1.807, 2.05) is 24.3 Å². The van der Waals surface area contributed by atoms with Crippen molar-refractivity contribution >= 4 is 5.91 Å². The SMILES string of the molecule is COc1ccc(C(C(=O)NCC(C)N2CCCC2)C(C)C)cc1. The molecule has 1 fully saturated rings. The Bertz CT molecular complexity index is 493. The van der Waals surface area contributed by atoms with Crippen molar-refractivity contribution in [3.05, 3.63) is 29.8 Å². The zero-order valence-electron chi connectivity index (χ0n) is 14.8. The van der Waals surface area contributed by atoms with Gasteiger partial charge in [-0.25, -0.2) is 0 Å². The van der Waals surface area contributed by atoms with E-state index in [-0.39, 0.29) is 17.7 Å². The van der Waals surface area contributed by atoms with E-state index < -0.39 is 0 Å². The van der Waals surface area contributed by atoms with Crippen LogP contribution < -0.4 is 10.1 Å². The Morgan fingerprint density at radius 2 is 1.78 bits per heavy atom. The summed E-state index contributed by atoms with van der Waals surface area (Å²) in [7, 11) is 1.65. The molecule has 0 spiro atoms. The Labute approximate surface area is 140 Å². The summed E-state index contributed by atoms with van der Waals surface area (Å²) in [4.78, 5) is 15.2. The van der Waals surface area contributed by atoms with E-state index in [2.05, 4.69) is 31.0 Å². The molecule has 0 saturated carbocycles. The topological polar surface area (TPSA) is 41.6 Å². The number of hydrogen-bond acceptors (Lipinski definition) is 3. The van der Waals surface area contributed by atoms with Gasteiger partial charge in [0.2, 0.25) is 5.91 Å². The fourth-order valence-electron chi connectivity index (χ4n) is 3.32. The van der Waals surface area contributed by atoms with Gasteiger partial charge in [-0.3, -0.25) is 9.69 Å². The molecule has 0 bridgehead atoms. The van der Waals surface area contributed by atoms with E-state index in [1.165, 1.54) is 12.8 Å². The van der Waals surface area contributed by atoms with Crippen molar-refractivity contribution in [2.24, 2.45) is 5.92 Å². The molecule has 2 atom stereocenters. The Kier molecular flexibility index (Phi) is 6.46. The second kappa shape index (κ2) is 8.34. The summed E-state index contributed by atoms with van der Waals surface area (Å²) >= 11 is 0. The molecule has 1 amide bonds. The summed E-state index contributed by atoms with van der Waals surface area (Å²) < 4.78 is 5.20. The molecule has 2 unspecified atom stereocenters. The molecule has 1 heterocycles. The average molecular weight is 318 g/mol. The molecular formula is C19H30N2O2. The molecule has 1 aliphatic heterocycles. The summed E-state index contributed by atoms with van der Waals surface area (Å²) in [6.07, 6.45) is 2.55. The first-order valence-corrected chi connectivity index (χ1v) is 8.68. The van der Waals surface area contributed by atoms with Gasteiger partial charge in [0, 0.05) is 12.6 Å². The maximum Gasteiger partial charge on any atom is 0.227 e. The summed E-state index contributed by atoms with van der Waals surface area (Å²) in [6.45, 7) is 9.42. The van der Waals surface area contributed by atoms with Gasteiger partial charge in [0.15, 0.2) is 0 Å². The Balaban J connectivity index is 1.97. The van der Waals surface area contributed by atoms with E-state index in [1.54, 1.807) is 7.11 Å². The maximum absolute atomic E-state index is 12.7. The maximum atomic E-state index is 12.7. The van der Waals surface area contributed by atoms with E-state index in [0.29, 0.717) is 6.04 Å². The van der Waals surface area contributed by atoms with Gasteiger partial charge < -0.3 is 10.1 Å². The van der Waals surface area contributed by atoms with E-state index in [0.717, 1.165) is 30.9 Å². The molecule has 0 radical (unpaired) electrons. The molecule has 128 valence electrons. The fraction of sp³-hybridized carbons (Fsp3) is 0.632. The average Bonchev–Trinajstić information content (AvgIpc) is 3.07. The van der Waals surface area contributed by atoms with Crippen LogP contribution in [-0.2, 0) is 4.79 Å². The molecule has 1 aliphatic rings. The third-order valence-electron chi connectivity index (χ3n) is 4.76. The van der Waals surface area contributed by atoms with Crippen LogP contribution in [0.25, 0.3) is 0 Å². The lowest BCUT2D eigenvalue weighted by molar-refractivity contribution is -0.123. The Hall–Kier alpha value is -1.55. The van der Waals surface area contributed by atoms with Gasteiger partial charge in [0.05, 0.1) is 13.0 Å². The van der Waals surface area contributed by atoms with Gasteiger partial charge in [-0.15, -0.1) is 0 Å². The van der Waals surface area contributed by atoms with Crippen LogP contribution in [-0.4, -0.2) is 43.6 Å². The highest BCUT2D eigenvalue weighted by atomic mass is 16.5. The molecule has 0 aliphatic carbocycles. The number of nitrogens with one attached hydrogen (secondary N) is 1.